The first-order valence-corrected chi connectivity index (χ1v) is 10.6. The minimum atomic E-state index is 0.0332. The highest BCUT2D eigenvalue weighted by Gasteiger charge is 2.27. The van der Waals surface area contributed by atoms with Crippen molar-refractivity contribution in [2.24, 2.45) is 5.92 Å². The Kier molecular flexibility index (Phi) is 5.76. The second-order valence-electron chi connectivity index (χ2n) is 7.31. The normalized spacial score (nSPS) is 16.6. The van der Waals surface area contributed by atoms with Crippen LogP contribution in [0.25, 0.3) is 11.3 Å². The molecule has 2 aromatic heterocycles. The Hall–Kier alpha value is -2.93. The number of benzene rings is 1. The topological polar surface area (TPSA) is 81.3 Å². The molecule has 6 nitrogen and oxygen atoms in total. The molecule has 29 heavy (non-hydrogen) atoms. The monoisotopic (exact) mass is 408 g/mol. The van der Waals surface area contributed by atoms with Crippen molar-refractivity contribution in [1.29, 1.82) is 0 Å². The van der Waals surface area contributed by atoms with Crippen molar-refractivity contribution in [2.75, 3.05) is 25.4 Å². The van der Waals surface area contributed by atoms with E-state index in [-0.39, 0.29) is 11.8 Å². The van der Waals surface area contributed by atoms with Gasteiger partial charge in [0.05, 0.1) is 12.3 Å². The van der Waals surface area contributed by atoms with Gasteiger partial charge in [-0.1, -0.05) is 24.3 Å². The number of nitrogens with zero attached hydrogens (tertiary/aromatic N) is 3. The number of hydrogen-bond acceptors (Lipinski definition) is 6. The van der Waals surface area contributed by atoms with Gasteiger partial charge in [0.2, 0.25) is 5.88 Å². The smallest absolute Gasteiger partial charge is 0.254 e. The number of carbonyl (C=O) groups is 1. The largest absolute Gasteiger partial charge is 0.477 e. The lowest BCUT2D eigenvalue weighted by Crippen LogP contribution is -2.41. The van der Waals surface area contributed by atoms with Crippen molar-refractivity contribution in [1.82, 2.24) is 14.9 Å². The van der Waals surface area contributed by atoms with Crippen LogP contribution in [-0.2, 0) is 0 Å². The van der Waals surface area contributed by atoms with Crippen LogP contribution in [0, 0.1) is 12.8 Å². The predicted molar refractivity (Wildman–Crippen MR) is 115 cm³/mol. The third-order valence-corrected chi connectivity index (χ3v) is 5.85. The first-order valence-electron chi connectivity index (χ1n) is 9.76. The summed E-state index contributed by atoms with van der Waals surface area (Å²) in [7, 11) is 0. The van der Waals surface area contributed by atoms with E-state index in [4.69, 9.17) is 10.5 Å². The molecular weight excluding hydrogens is 384 g/mol. The van der Waals surface area contributed by atoms with E-state index in [9.17, 15) is 4.79 Å². The second kappa shape index (κ2) is 8.61. The molecule has 7 heteroatoms. The lowest BCUT2D eigenvalue weighted by atomic mass is 9.97. The van der Waals surface area contributed by atoms with E-state index >= 15 is 0 Å². The van der Waals surface area contributed by atoms with Crippen LogP contribution >= 0.6 is 11.3 Å². The maximum atomic E-state index is 13.3. The fraction of sp³-hybridized carbons (Fsp3) is 0.318. The van der Waals surface area contributed by atoms with Crippen molar-refractivity contribution in [3.63, 3.8) is 0 Å². The molecule has 1 atom stereocenters. The molecule has 1 aliphatic heterocycles. The van der Waals surface area contributed by atoms with E-state index in [2.05, 4.69) is 9.97 Å². The van der Waals surface area contributed by atoms with E-state index < -0.39 is 0 Å². The van der Waals surface area contributed by atoms with Crippen molar-refractivity contribution in [2.45, 2.75) is 19.8 Å². The zero-order chi connectivity index (χ0) is 20.2. The van der Waals surface area contributed by atoms with E-state index in [1.165, 1.54) is 11.3 Å². The number of ether oxygens (including phenoxy) is 1. The van der Waals surface area contributed by atoms with Gasteiger partial charge in [0.15, 0.2) is 5.13 Å². The summed E-state index contributed by atoms with van der Waals surface area (Å²) in [5.41, 5.74) is 9.05. The molecule has 2 N–H and O–H groups in total. The number of nitrogen functional groups attached to an aromatic ring is 1. The average molecular weight is 409 g/mol. The van der Waals surface area contributed by atoms with Gasteiger partial charge < -0.3 is 15.4 Å². The molecule has 0 spiro atoms. The second-order valence-corrected chi connectivity index (χ2v) is 8.20. The fourth-order valence-corrected chi connectivity index (χ4v) is 4.24. The van der Waals surface area contributed by atoms with Gasteiger partial charge in [-0.15, -0.1) is 11.3 Å². The van der Waals surface area contributed by atoms with Crippen LogP contribution < -0.4 is 10.5 Å². The van der Waals surface area contributed by atoms with E-state index in [1.54, 1.807) is 6.20 Å². The Morgan fingerprint density at radius 3 is 2.97 bits per heavy atom. The van der Waals surface area contributed by atoms with Gasteiger partial charge >= 0.3 is 0 Å². The number of rotatable bonds is 5. The Morgan fingerprint density at radius 2 is 2.17 bits per heavy atom. The van der Waals surface area contributed by atoms with E-state index in [1.807, 2.05) is 53.6 Å². The summed E-state index contributed by atoms with van der Waals surface area (Å²) < 4.78 is 5.93. The summed E-state index contributed by atoms with van der Waals surface area (Å²) in [4.78, 5) is 23.9. The molecule has 0 aliphatic carbocycles. The summed E-state index contributed by atoms with van der Waals surface area (Å²) in [6, 6.07) is 11.5. The third kappa shape index (κ3) is 4.40. The van der Waals surface area contributed by atoms with Crippen LogP contribution in [0.4, 0.5) is 5.13 Å². The molecule has 1 unspecified atom stereocenters. The summed E-state index contributed by atoms with van der Waals surface area (Å²) in [6.45, 7) is 3.98. The molecule has 3 heterocycles. The minimum Gasteiger partial charge on any atom is -0.477 e. The van der Waals surface area contributed by atoms with Gasteiger partial charge in [0.1, 0.15) is 0 Å². The summed E-state index contributed by atoms with van der Waals surface area (Å²) >= 11 is 1.38. The number of nitrogens with two attached hydrogens (primary N) is 1. The van der Waals surface area contributed by atoms with Crippen LogP contribution in [0.15, 0.2) is 48.0 Å². The van der Waals surface area contributed by atoms with Crippen molar-refractivity contribution in [3.05, 3.63) is 59.1 Å². The summed E-state index contributed by atoms with van der Waals surface area (Å²) in [6.07, 6.45) is 3.74. The van der Waals surface area contributed by atoms with Crippen molar-refractivity contribution < 1.29 is 9.53 Å². The van der Waals surface area contributed by atoms with Crippen LogP contribution in [0.1, 0.15) is 28.8 Å². The number of hydrogen-bond donors (Lipinski definition) is 1. The number of likely N-dealkylation sites (tertiary alicyclic amines) is 1. The zero-order valence-electron chi connectivity index (χ0n) is 16.4. The molecule has 1 aromatic carbocycles. The van der Waals surface area contributed by atoms with Crippen molar-refractivity contribution in [3.8, 4) is 17.1 Å². The molecule has 3 aromatic rings. The SMILES string of the molecule is Cc1cccnc1OCC1CCCN(C(=O)c2ccccc2-c2csc(N)n2)C1. The van der Waals surface area contributed by atoms with E-state index in [0.29, 0.717) is 29.7 Å². The van der Waals surface area contributed by atoms with Gasteiger partial charge in [-0.3, -0.25) is 4.79 Å². The lowest BCUT2D eigenvalue weighted by Gasteiger charge is -2.33. The lowest BCUT2D eigenvalue weighted by molar-refractivity contribution is 0.0631. The van der Waals surface area contributed by atoms with Crippen LogP contribution in [0.5, 0.6) is 5.88 Å². The number of aryl methyl sites for hydroxylation is 1. The standard InChI is InChI=1S/C22H24N4O2S/c1-15-6-4-10-24-20(15)28-13-16-7-5-11-26(12-16)21(27)18-9-3-2-8-17(18)19-14-29-22(23)25-19/h2-4,6,8-10,14,16H,5,7,11-13H2,1H3,(H2,23,25). The highest BCUT2D eigenvalue weighted by atomic mass is 32.1. The number of amides is 1. The molecule has 4 rings (SSSR count). The number of piperidine rings is 1. The van der Waals surface area contributed by atoms with Gasteiger partial charge in [-0.2, -0.15) is 0 Å². The molecular formula is C22H24N4O2S. The Bertz CT molecular complexity index is 1000. The van der Waals surface area contributed by atoms with Crippen LogP contribution in [0.3, 0.4) is 0 Å². The predicted octanol–water partition coefficient (Wildman–Crippen LogP) is 4.03. The quantitative estimate of drug-likeness (QED) is 0.689. The molecule has 0 bridgehead atoms. The Balaban J connectivity index is 1.46. The van der Waals surface area contributed by atoms with Gasteiger partial charge in [0, 0.05) is 47.3 Å². The molecule has 150 valence electrons. The zero-order valence-corrected chi connectivity index (χ0v) is 17.2. The van der Waals surface area contributed by atoms with Crippen LogP contribution in [-0.4, -0.2) is 40.5 Å². The Morgan fingerprint density at radius 1 is 1.31 bits per heavy atom. The molecule has 0 saturated carbocycles. The molecule has 1 amide bonds. The highest BCUT2D eigenvalue weighted by molar-refractivity contribution is 7.13. The molecule has 1 fully saturated rings. The summed E-state index contributed by atoms with van der Waals surface area (Å²) in [5, 5.41) is 2.39. The van der Waals surface area contributed by atoms with Crippen molar-refractivity contribution >= 4 is 22.4 Å². The number of carbonyl (C=O) groups excluding carboxylic acids is 1. The first kappa shape index (κ1) is 19.4. The average Bonchev–Trinajstić information content (AvgIpc) is 3.19. The molecule has 1 saturated heterocycles. The minimum absolute atomic E-state index is 0.0332. The maximum Gasteiger partial charge on any atom is 0.254 e. The fourth-order valence-electron chi connectivity index (χ4n) is 3.68. The number of pyridine rings is 1. The molecule has 1 aliphatic rings. The number of anilines is 1. The van der Waals surface area contributed by atoms with Gasteiger partial charge in [-0.05, 0) is 31.9 Å². The van der Waals surface area contributed by atoms with Crippen LogP contribution in [0.2, 0.25) is 0 Å². The van der Waals surface area contributed by atoms with Gasteiger partial charge in [0.25, 0.3) is 5.91 Å². The first-order chi connectivity index (χ1) is 14.1. The number of aromatic nitrogens is 2. The Labute approximate surface area is 174 Å². The summed E-state index contributed by atoms with van der Waals surface area (Å²) in [5.74, 6) is 0.990. The number of thiazole rings is 1. The molecule has 0 radical (unpaired) electrons. The maximum absolute atomic E-state index is 13.3. The third-order valence-electron chi connectivity index (χ3n) is 5.18. The highest BCUT2D eigenvalue weighted by Crippen LogP contribution is 2.28. The van der Waals surface area contributed by atoms with E-state index in [0.717, 1.165) is 36.2 Å². The van der Waals surface area contributed by atoms with Gasteiger partial charge in [-0.25, -0.2) is 9.97 Å².